The highest BCUT2D eigenvalue weighted by Gasteiger charge is 2.23. The van der Waals surface area contributed by atoms with Gasteiger partial charge in [0.2, 0.25) is 5.91 Å². The number of hydrogen-bond donors (Lipinski definition) is 0. The maximum Gasteiger partial charge on any atom is 0.228 e. The molecule has 170 valence electrons. The number of thiazole rings is 1. The number of halogens is 1. The van der Waals surface area contributed by atoms with Crippen molar-refractivity contribution in [3.8, 4) is 17.0 Å². The average Bonchev–Trinajstić information content (AvgIpc) is 3.42. The number of hydrogen-bond acceptors (Lipinski definition) is 5. The van der Waals surface area contributed by atoms with Crippen LogP contribution in [0.3, 0.4) is 0 Å². The van der Waals surface area contributed by atoms with Gasteiger partial charge >= 0.3 is 0 Å². The van der Waals surface area contributed by atoms with Gasteiger partial charge in [0.05, 0.1) is 24.4 Å². The van der Waals surface area contributed by atoms with Crippen LogP contribution in [0.1, 0.15) is 12.6 Å². The normalized spacial score (nSPS) is 14.1. The summed E-state index contributed by atoms with van der Waals surface area (Å²) in [4.78, 5) is 22.4. The second-order valence-electron chi connectivity index (χ2n) is 7.96. The Morgan fingerprint density at radius 2 is 1.85 bits per heavy atom. The first-order valence-electron chi connectivity index (χ1n) is 11.1. The highest BCUT2D eigenvalue weighted by atomic mass is 32.1. The molecule has 5 rings (SSSR count). The van der Waals surface area contributed by atoms with Gasteiger partial charge in [-0.3, -0.25) is 9.20 Å². The number of imidazole rings is 1. The molecule has 1 aliphatic rings. The molecule has 33 heavy (non-hydrogen) atoms. The minimum atomic E-state index is -0.221. The smallest absolute Gasteiger partial charge is 0.228 e. The average molecular weight is 465 g/mol. The van der Waals surface area contributed by atoms with Crippen molar-refractivity contribution in [3.63, 3.8) is 0 Å². The molecule has 6 nitrogen and oxygen atoms in total. The fourth-order valence-corrected chi connectivity index (χ4v) is 5.03. The first-order chi connectivity index (χ1) is 16.1. The van der Waals surface area contributed by atoms with Gasteiger partial charge in [-0.15, -0.1) is 11.3 Å². The molecule has 0 spiro atoms. The van der Waals surface area contributed by atoms with Crippen LogP contribution in [0.5, 0.6) is 5.75 Å². The summed E-state index contributed by atoms with van der Waals surface area (Å²) >= 11 is 1.54. The summed E-state index contributed by atoms with van der Waals surface area (Å²) in [7, 11) is 0. The van der Waals surface area contributed by atoms with Crippen molar-refractivity contribution in [1.82, 2.24) is 14.3 Å². The third kappa shape index (κ3) is 4.43. The number of rotatable bonds is 6. The molecule has 1 fully saturated rings. The molecule has 4 aromatic rings. The summed E-state index contributed by atoms with van der Waals surface area (Å²) in [6, 6.07) is 14.7. The lowest BCUT2D eigenvalue weighted by Gasteiger charge is -2.36. The molecule has 1 aliphatic heterocycles. The minimum Gasteiger partial charge on any atom is -0.494 e. The number of carbonyl (C=O) groups excluding carboxylic acids is 1. The molecule has 0 atom stereocenters. The van der Waals surface area contributed by atoms with Gasteiger partial charge in [-0.25, -0.2) is 9.37 Å². The standard InChI is InChI=1S/C25H25FN4O2S/c1-2-32-20-9-7-18(8-10-20)22-16-30-19(17-33-25(30)27-22)15-24(31)29-13-11-28(12-14-29)23-6-4-3-5-21(23)26/h3-10,16-17H,2,11-15H2,1H3. The third-order valence-corrected chi connectivity index (χ3v) is 6.79. The number of benzene rings is 2. The van der Waals surface area contributed by atoms with E-state index in [9.17, 15) is 9.18 Å². The van der Waals surface area contributed by atoms with Gasteiger partial charge in [-0.2, -0.15) is 0 Å². The number of aromatic nitrogens is 2. The second kappa shape index (κ2) is 9.23. The van der Waals surface area contributed by atoms with Crippen LogP contribution in [0, 0.1) is 5.82 Å². The van der Waals surface area contributed by atoms with Crippen molar-refractivity contribution in [2.45, 2.75) is 13.3 Å². The van der Waals surface area contributed by atoms with Gasteiger partial charge < -0.3 is 14.5 Å². The van der Waals surface area contributed by atoms with Gasteiger partial charge in [0.25, 0.3) is 0 Å². The van der Waals surface area contributed by atoms with E-state index in [-0.39, 0.29) is 11.7 Å². The number of para-hydroxylation sites is 1. The van der Waals surface area contributed by atoms with Crippen LogP contribution >= 0.6 is 11.3 Å². The van der Waals surface area contributed by atoms with Crippen LogP contribution in [0.4, 0.5) is 10.1 Å². The molecule has 8 heteroatoms. The Balaban J connectivity index is 1.25. The zero-order valence-electron chi connectivity index (χ0n) is 18.4. The lowest BCUT2D eigenvalue weighted by molar-refractivity contribution is -0.130. The van der Waals surface area contributed by atoms with E-state index in [1.54, 1.807) is 12.1 Å². The van der Waals surface area contributed by atoms with Crippen LogP contribution in [0.15, 0.2) is 60.1 Å². The molecule has 0 aliphatic carbocycles. The second-order valence-corrected chi connectivity index (χ2v) is 8.80. The maximum atomic E-state index is 14.1. The molecule has 0 unspecified atom stereocenters. The molecule has 3 heterocycles. The zero-order chi connectivity index (χ0) is 22.8. The first-order valence-corrected chi connectivity index (χ1v) is 12.0. The summed E-state index contributed by atoms with van der Waals surface area (Å²) in [5.74, 6) is 0.698. The van der Waals surface area contributed by atoms with E-state index in [0.29, 0.717) is 44.9 Å². The SMILES string of the molecule is CCOc1ccc(-c2cn3c(CC(=O)N4CCN(c5ccccc5F)CC4)csc3n2)cc1. The van der Waals surface area contributed by atoms with Crippen LogP contribution < -0.4 is 9.64 Å². The Labute approximate surface area is 195 Å². The van der Waals surface area contributed by atoms with Crippen molar-refractivity contribution in [3.05, 3.63) is 71.6 Å². The lowest BCUT2D eigenvalue weighted by atomic mass is 10.1. The summed E-state index contributed by atoms with van der Waals surface area (Å²) in [6.07, 6.45) is 2.30. The Kier molecular flexibility index (Phi) is 6.00. The molecule has 0 saturated carbocycles. The maximum absolute atomic E-state index is 14.1. The molecule has 0 bridgehead atoms. The minimum absolute atomic E-state index is 0.0826. The number of carbonyl (C=O) groups is 1. The predicted octanol–water partition coefficient (Wildman–Crippen LogP) is 4.49. The molecule has 1 saturated heterocycles. The fourth-order valence-electron chi connectivity index (χ4n) is 4.16. The Morgan fingerprint density at radius 1 is 1.09 bits per heavy atom. The van der Waals surface area contributed by atoms with Crippen LogP contribution in [0.25, 0.3) is 16.2 Å². The van der Waals surface area contributed by atoms with E-state index >= 15 is 0 Å². The van der Waals surface area contributed by atoms with Gasteiger partial charge in [0.1, 0.15) is 11.6 Å². The van der Waals surface area contributed by atoms with Crippen molar-refractivity contribution in [1.29, 1.82) is 0 Å². The van der Waals surface area contributed by atoms with Crippen LogP contribution in [-0.2, 0) is 11.2 Å². The van der Waals surface area contributed by atoms with E-state index in [2.05, 4.69) is 0 Å². The summed E-state index contributed by atoms with van der Waals surface area (Å²) in [5, 5.41) is 2.00. The fraction of sp³-hybridized carbons (Fsp3) is 0.280. The van der Waals surface area contributed by atoms with E-state index in [1.165, 1.54) is 17.4 Å². The van der Waals surface area contributed by atoms with Crippen LogP contribution in [-0.4, -0.2) is 53.0 Å². The van der Waals surface area contributed by atoms with E-state index in [4.69, 9.17) is 9.72 Å². The molecule has 2 aromatic heterocycles. The van der Waals surface area contributed by atoms with Gasteiger partial charge in [0.15, 0.2) is 4.96 Å². The number of fused-ring (bicyclic) bond motifs is 1. The van der Waals surface area contributed by atoms with Gasteiger partial charge in [0, 0.05) is 49.0 Å². The molecular formula is C25H25FN4O2S. The van der Waals surface area contributed by atoms with Gasteiger partial charge in [-0.1, -0.05) is 12.1 Å². The predicted molar refractivity (Wildman–Crippen MR) is 129 cm³/mol. The number of piperazine rings is 1. The first kappa shape index (κ1) is 21.5. The monoisotopic (exact) mass is 464 g/mol. The highest BCUT2D eigenvalue weighted by Crippen LogP contribution is 2.26. The number of amides is 1. The largest absolute Gasteiger partial charge is 0.494 e. The Bertz CT molecular complexity index is 1260. The summed E-state index contributed by atoms with van der Waals surface area (Å²) in [6.45, 7) is 5.01. The zero-order valence-corrected chi connectivity index (χ0v) is 19.2. The van der Waals surface area contributed by atoms with E-state index < -0.39 is 0 Å². The molecular weight excluding hydrogens is 439 g/mol. The number of nitrogens with zero attached hydrogens (tertiary/aromatic N) is 4. The van der Waals surface area contributed by atoms with Crippen molar-refractivity contribution >= 4 is 27.9 Å². The molecule has 2 aromatic carbocycles. The summed E-state index contributed by atoms with van der Waals surface area (Å²) < 4.78 is 21.6. The van der Waals surface area contributed by atoms with Gasteiger partial charge in [-0.05, 0) is 43.3 Å². The van der Waals surface area contributed by atoms with Crippen molar-refractivity contribution in [2.75, 3.05) is 37.7 Å². The lowest BCUT2D eigenvalue weighted by Crippen LogP contribution is -2.49. The number of ether oxygens (including phenoxy) is 1. The van der Waals surface area contributed by atoms with E-state index in [0.717, 1.165) is 27.7 Å². The molecule has 1 amide bonds. The summed E-state index contributed by atoms with van der Waals surface area (Å²) in [5.41, 5.74) is 3.42. The number of anilines is 1. The Morgan fingerprint density at radius 3 is 2.58 bits per heavy atom. The van der Waals surface area contributed by atoms with Crippen molar-refractivity contribution < 1.29 is 13.9 Å². The highest BCUT2D eigenvalue weighted by molar-refractivity contribution is 7.15. The van der Waals surface area contributed by atoms with Crippen molar-refractivity contribution in [2.24, 2.45) is 0 Å². The third-order valence-electron chi connectivity index (χ3n) is 5.90. The topological polar surface area (TPSA) is 50.1 Å². The Hall–Kier alpha value is -3.39. The molecule has 0 radical (unpaired) electrons. The van der Waals surface area contributed by atoms with E-state index in [1.807, 2.05) is 63.0 Å². The molecule has 0 N–H and O–H groups in total. The van der Waals surface area contributed by atoms with Crippen LogP contribution in [0.2, 0.25) is 0 Å². The quantitative estimate of drug-likeness (QED) is 0.422.